The third-order valence-electron chi connectivity index (χ3n) is 4.00. The first-order chi connectivity index (χ1) is 9.86. The van der Waals surface area contributed by atoms with Crippen LogP contribution in [0.5, 0.6) is 0 Å². The van der Waals surface area contributed by atoms with E-state index in [1.807, 2.05) is 13.8 Å². The smallest absolute Gasteiger partial charge is 0.0471 e. The van der Waals surface area contributed by atoms with Crippen molar-refractivity contribution < 1.29 is 5.11 Å². The van der Waals surface area contributed by atoms with E-state index in [0.29, 0.717) is 12.5 Å². The summed E-state index contributed by atoms with van der Waals surface area (Å²) in [7, 11) is 0. The number of H-pyrrole nitrogens is 1. The Kier molecular flexibility index (Phi) is 5.62. The highest BCUT2D eigenvalue weighted by Crippen LogP contribution is 2.20. The largest absolute Gasteiger partial charge is 0.396 e. The van der Waals surface area contributed by atoms with Crippen LogP contribution in [0.4, 0.5) is 0 Å². The monoisotopic (exact) mass is 274 g/mol. The van der Waals surface area contributed by atoms with Gasteiger partial charge in [0, 0.05) is 36.8 Å². The summed E-state index contributed by atoms with van der Waals surface area (Å²) in [4.78, 5) is 5.79. The Morgan fingerprint density at radius 3 is 2.85 bits per heavy atom. The molecule has 3 heteroatoms. The maximum Gasteiger partial charge on any atom is 0.0471 e. The molecule has 1 aliphatic heterocycles. The number of nitrogens with one attached hydrogen (secondary N) is 1. The summed E-state index contributed by atoms with van der Waals surface area (Å²) in [6, 6.07) is 8.46. The molecule has 2 heterocycles. The minimum atomic E-state index is 0.337. The molecule has 0 saturated carbocycles. The summed E-state index contributed by atoms with van der Waals surface area (Å²) in [6.07, 6.45) is 4.36. The van der Waals surface area contributed by atoms with E-state index in [-0.39, 0.29) is 0 Å². The van der Waals surface area contributed by atoms with E-state index in [1.165, 1.54) is 16.5 Å². The Morgan fingerprint density at radius 1 is 1.30 bits per heavy atom. The molecule has 1 atom stereocenters. The number of nitrogens with zero attached hydrogens (tertiary/aromatic N) is 1. The van der Waals surface area contributed by atoms with E-state index >= 15 is 0 Å². The number of likely N-dealkylation sites (tertiary alicyclic amines) is 1. The topological polar surface area (TPSA) is 39.3 Å². The molecule has 1 fully saturated rings. The van der Waals surface area contributed by atoms with Crippen molar-refractivity contribution in [2.75, 3.05) is 26.2 Å². The van der Waals surface area contributed by atoms with Crippen LogP contribution in [0.1, 0.15) is 25.8 Å². The molecule has 110 valence electrons. The third-order valence-corrected chi connectivity index (χ3v) is 4.00. The number of aromatic amines is 1. The highest BCUT2D eigenvalue weighted by Gasteiger charge is 2.21. The predicted molar refractivity (Wildman–Crippen MR) is 85.0 cm³/mol. The molecule has 0 bridgehead atoms. The zero-order chi connectivity index (χ0) is 14.4. The summed E-state index contributed by atoms with van der Waals surface area (Å²) in [5.41, 5.74) is 2.63. The molecule has 1 aromatic carbocycles. The Balaban J connectivity index is 0.000000704. The lowest BCUT2D eigenvalue weighted by Crippen LogP contribution is -2.24. The van der Waals surface area contributed by atoms with Gasteiger partial charge >= 0.3 is 0 Å². The molecular weight excluding hydrogens is 248 g/mol. The number of rotatable bonds is 4. The maximum atomic E-state index is 9.15. The van der Waals surface area contributed by atoms with Gasteiger partial charge < -0.3 is 15.0 Å². The number of hydrogen-bond donors (Lipinski definition) is 2. The lowest BCUT2D eigenvalue weighted by molar-refractivity contribution is 0.222. The number of aliphatic hydroxyl groups is 1. The van der Waals surface area contributed by atoms with Crippen molar-refractivity contribution in [2.24, 2.45) is 5.92 Å². The summed E-state index contributed by atoms with van der Waals surface area (Å²) in [5.74, 6) is 0.493. The molecule has 1 saturated heterocycles. The van der Waals surface area contributed by atoms with Crippen molar-refractivity contribution in [1.82, 2.24) is 9.88 Å². The van der Waals surface area contributed by atoms with Crippen molar-refractivity contribution in [2.45, 2.75) is 26.7 Å². The molecule has 2 aromatic rings. The van der Waals surface area contributed by atoms with Crippen LogP contribution in [0.3, 0.4) is 0 Å². The summed E-state index contributed by atoms with van der Waals surface area (Å²) < 4.78 is 0. The molecule has 0 spiro atoms. The van der Waals surface area contributed by atoms with Gasteiger partial charge in [0.05, 0.1) is 0 Å². The molecule has 0 aliphatic carbocycles. The van der Waals surface area contributed by atoms with Gasteiger partial charge in [-0.25, -0.2) is 0 Å². The normalized spacial score (nSPS) is 19.1. The first-order valence-corrected chi connectivity index (χ1v) is 7.75. The Bertz CT molecular complexity index is 520. The van der Waals surface area contributed by atoms with Crippen molar-refractivity contribution >= 4 is 10.9 Å². The number of benzene rings is 1. The molecule has 1 unspecified atom stereocenters. The lowest BCUT2D eigenvalue weighted by Gasteiger charge is -2.14. The van der Waals surface area contributed by atoms with E-state index < -0.39 is 0 Å². The number of aliphatic hydroxyl groups excluding tert-OH is 1. The number of hydrogen-bond acceptors (Lipinski definition) is 2. The Labute approximate surface area is 121 Å². The van der Waals surface area contributed by atoms with Gasteiger partial charge in [0.1, 0.15) is 0 Å². The molecule has 1 aromatic heterocycles. The van der Waals surface area contributed by atoms with Crippen molar-refractivity contribution in [1.29, 1.82) is 0 Å². The molecule has 3 nitrogen and oxygen atoms in total. The minimum absolute atomic E-state index is 0.337. The van der Waals surface area contributed by atoms with Crippen LogP contribution >= 0.6 is 0 Å². The van der Waals surface area contributed by atoms with Gasteiger partial charge in [-0.3, -0.25) is 0 Å². The zero-order valence-corrected chi connectivity index (χ0v) is 12.6. The molecule has 3 rings (SSSR count). The Morgan fingerprint density at radius 2 is 2.10 bits per heavy atom. The van der Waals surface area contributed by atoms with E-state index in [4.69, 9.17) is 5.11 Å². The molecule has 20 heavy (non-hydrogen) atoms. The zero-order valence-electron chi connectivity index (χ0n) is 12.6. The predicted octanol–water partition coefficient (Wildman–Crippen LogP) is 3.05. The van der Waals surface area contributed by atoms with Crippen LogP contribution in [0.2, 0.25) is 0 Å². The fourth-order valence-corrected chi connectivity index (χ4v) is 2.88. The van der Waals surface area contributed by atoms with Gasteiger partial charge in [0.15, 0.2) is 0 Å². The lowest BCUT2D eigenvalue weighted by atomic mass is 10.1. The second kappa shape index (κ2) is 7.46. The van der Waals surface area contributed by atoms with Gasteiger partial charge in [-0.2, -0.15) is 0 Å². The maximum absolute atomic E-state index is 9.15. The van der Waals surface area contributed by atoms with E-state index in [1.54, 1.807) is 0 Å². The van der Waals surface area contributed by atoms with Crippen LogP contribution in [-0.2, 0) is 6.42 Å². The SMILES string of the molecule is CC.OCC1CCN(CCc2c[nH]c3ccccc23)C1. The highest BCUT2D eigenvalue weighted by molar-refractivity contribution is 5.83. The number of fused-ring (bicyclic) bond motifs is 1. The van der Waals surface area contributed by atoms with Gasteiger partial charge in [-0.05, 0) is 36.9 Å². The van der Waals surface area contributed by atoms with E-state index in [2.05, 4.69) is 40.3 Å². The average molecular weight is 274 g/mol. The van der Waals surface area contributed by atoms with Gasteiger partial charge in [-0.15, -0.1) is 0 Å². The number of para-hydroxylation sites is 1. The van der Waals surface area contributed by atoms with Crippen molar-refractivity contribution in [3.8, 4) is 0 Å². The van der Waals surface area contributed by atoms with E-state index in [0.717, 1.165) is 32.5 Å². The molecule has 0 amide bonds. The first kappa shape index (κ1) is 15.1. The quantitative estimate of drug-likeness (QED) is 0.899. The van der Waals surface area contributed by atoms with Crippen LogP contribution in [0, 0.1) is 5.92 Å². The van der Waals surface area contributed by atoms with E-state index in [9.17, 15) is 0 Å². The van der Waals surface area contributed by atoms with Gasteiger partial charge in [0.25, 0.3) is 0 Å². The second-order valence-corrected chi connectivity index (χ2v) is 5.25. The fourth-order valence-electron chi connectivity index (χ4n) is 2.88. The summed E-state index contributed by atoms with van der Waals surface area (Å²) in [5, 5.41) is 10.5. The van der Waals surface area contributed by atoms with Crippen LogP contribution < -0.4 is 0 Å². The number of aromatic nitrogens is 1. The molecule has 2 N–H and O–H groups in total. The first-order valence-electron chi connectivity index (χ1n) is 7.75. The van der Waals surface area contributed by atoms with Gasteiger partial charge in [0.2, 0.25) is 0 Å². The van der Waals surface area contributed by atoms with Gasteiger partial charge in [-0.1, -0.05) is 32.0 Å². The minimum Gasteiger partial charge on any atom is -0.396 e. The fraction of sp³-hybridized carbons (Fsp3) is 0.529. The molecular formula is C17H26N2O. The summed E-state index contributed by atoms with van der Waals surface area (Å²) >= 11 is 0. The summed E-state index contributed by atoms with van der Waals surface area (Å²) in [6.45, 7) is 7.62. The second-order valence-electron chi connectivity index (χ2n) is 5.25. The average Bonchev–Trinajstić information content (AvgIpc) is 3.14. The van der Waals surface area contributed by atoms with Crippen molar-refractivity contribution in [3.63, 3.8) is 0 Å². The van der Waals surface area contributed by atoms with Crippen LogP contribution in [-0.4, -0.2) is 41.2 Å². The van der Waals surface area contributed by atoms with Crippen molar-refractivity contribution in [3.05, 3.63) is 36.0 Å². The standard InChI is InChI=1S/C15H20N2O.C2H6/c18-11-12-5-7-17(10-12)8-6-13-9-16-15-4-2-1-3-14(13)15;1-2/h1-4,9,12,16,18H,5-8,10-11H2;1-2H3. The molecule has 1 aliphatic rings. The Hall–Kier alpha value is -1.32. The third kappa shape index (κ3) is 3.41. The van der Waals surface area contributed by atoms with Crippen LogP contribution in [0.15, 0.2) is 30.5 Å². The molecule has 0 radical (unpaired) electrons. The van der Waals surface area contributed by atoms with Crippen LogP contribution in [0.25, 0.3) is 10.9 Å². The highest BCUT2D eigenvalue weighted by atomic mass is 16.3.